The molecule has 0 bridgehead atoms. The van der Waals surface area contributed by atoms with Crippen molar-refractivity contribution in [3.05, 3.63) is 53.6 Å². The van der Waals surface area contributed by atoms with Crippen molar-refractivity contribution in [3.63, 3.8) is 0 Å². The minimum absolute atomic E-state index is 0.0588. The number of Topliss-reactive ketones (excluding diaryl/α,β-unsaturated/α-hetero) is 1. The molecule has 0 aliphatic rings. The number of halogens is 2. The number of aryl methyl sites for hydroxylation is 1. The molecule has 0 aliphatic carbocycles. The van der Waals surface area contributed by atoms with Gasteiger partial charge in [0.25, 0.3) is 0 Å². The number of carbonyl (C=O) groups excluding carboxylic acids is 1. The lowest BCUT2D eigenvalue weighted by Gasteiger charge is -1.98. The molecule has 3 rings (SSSR count). The van der Waals surface area contributed by atoms with Gasteiger partial charge < -0.3 is 4.42 Å². The van der Waals surface area contributed by atoms with Gasteiger partial charge in [0.05, 0.1) is 5.33 Å². The van der Waals surface area contributed by atoms with Crippen LogP contribution in [0.5, 0.6) is 0 Å². The summed E-state index contributed by atoms with van der Waals surface area (Å²) >= 11 is 6.62. The Morgan fingerprint density at radius 2 is 1.86 bits per heavy atom. The van der Waals surface area contributed by atoms with Crippen LogP contribution in [-0.2, 0) is 6.42 Å². The number of benzene rings is 2. The van der Waals surface area contributed by atoms with E-state index >= 15 is 0 Å². The summed E-state index contributed by atoms with van der Waals surface area (Å²) in [5.74, 6) is 0.632. The second kappa shape index (κ2) is 6.75. The number of hydrogen-bond acceptors (Lipinski definition) is 3. The van der Waals surface area contributed by atoms with Crippen molar-refractivity contribution in [2.45, 2.75) is 6.42 Å². The van der Waals surface area contributed by atoms with Crippen LogP contribution in [0, 0.1) is 0 Å². The Balaban J connectivity index is 1.94. The second-order valence-electron chi connectivity index (χ2n) is 4.89. The third-order valence-electron chi connectivity index (χ3n) is 3.41. The number of hydrogen-bond donors (Lipinski definition) is 0. The highest BCUT2D eigenvalue weighted by molar-refractivity contribution is 9.09. The molecule has 0 spiro atoms. The third kappa shape index (κ3) is 3.15. The average Bonchev–Trinajstić information content (AvgIpc) is 2.98. The van der Waals surface area contributed by atoms with Crippen molar-refractivity contribution in [1.29, 1.82) is 0 Å². The first-order valence-electron chi connectivity index (χ1n) is 6.86. The van der Waals surface area contributed by atoms with E-state index in [9.17, 15) is 4.79 Å². The standard InChI is InChI=1S/C17H13Br2NO2/c18-8-7-11-1-6-16-14(9-11)20-17(22-16)13-4-2-12(3-5-13)15(21)10-19/h1-6,9H,7-8,10H2. The van der Waals surface area contributed by atoms with Crippen LogP contribution in [0.3, 0.4) is 0 Å². The average molecular weight is 423 g/mol. The summed E-state index contributed by atoms with van der Waals surface area (Å²) in [5.41, 5.74) is 4.39. The van der Waals surface area contributed by atoms with Gasteiger partial charge in [-0.15, -0.1) is 0 Å². The van der Waals surface area contributed by atoms with Crippen LogP contribution in [-0.4, -0.2) is 21.4 Å². The fraction of sp³-hybridized carbons (Fsp3) is 0.176. The van der Waals surface area contributed by atoms with Gasteiger partial charge in [0.15, 0.2) is 11.4 Å². The highest BCUT2D eigenvalue weighted by Crippen LogP contribution is 2.25. The predicted molar refractivity (Wildman–Crippen MR) is 95.1 cm³/mol. The molecule has 1 heterocycles. The summed E-state index contributed by atoms with van der Waals surface area (Å²) in [6.45, 7) is 0. The van der Waals surface area contributed by atoms with Crippen LogP contribution in [0.25, 0.3) is 22.6 Å². The number of nitrogens with zero attached hydrogens (tertiary/aromatic N) is 1. The number of alkyl halides is 2. The van der Waals surface area contributed by atoms with Gasteiger partial charge in [-0.25, -0.2) is 4.98 Å². The Bertz CT molecular complexity index is 809. The molecule has 3 nitrogen and oxygen atoms in total. The van der Waals surface area contributed by atoms with Crippen LogP contribution < -0.4 is 0 Å². The van der Waals surface area contributed by atoms with E-state index in [0.717, 1.165) is 28.4 Å². The molecule has 1 aromatic heterocycles. The summed E-state index contributed by atoms with van der Waals surface area (Å²) in [4.78, 5) is 16.2. The molecule has 0 unspecified atom stereocenters. The smallest absolute Gasteiger partial charge is 0.227 e. The number of aromatic nitrogens is 1. The fourth-order valence-electron chi connectivity index (χ4n) is 2.24. The lowest BCUT2D eigenvalue weighted by Crippen LogP contribution is -1.98. The molecule has 0 amide bonds. The van der Waals surface area contributed by atoms with Crippen LogP contribution in [0.15, 0.2) is 46.9 Å². The van der Waals surface area contributed by atoms with E-state index in [1.54, 1.807) is 12.1 Å². The molecule has 0 N–H and O–H groups in total. The van der Waals surface area contributed by atoms with Crippen molar-refractivity contribution < 1.29 is 9.21 Å². The van der Waals surface area contributed by atoms with E-state index in [1.807, 2.05) is 24.3 Å². The molecular formula is C17H13Br2NO2. The first-order valence-corrected chi connectivity index (χ1v) is 9.10. The van der Waals surface area contributed by atoms with E-state index < -0.39 is 0 Å². The predicted octanol–water partition coefficient (Wildman–Crippen LogP) is 5.01. The lowest BCUT2D eigenvalue weighted by molar-refractivity contribution is 0.102. The molecule has 112 valence electrons. The van der Waals surface area contributed by atoms with Crippen molar-refractivity contribution in [3.8, 4) is 11.5 Å². The topological polar surface area (TPSA) is 43.1 Å². The number of carbonyl (C=O) groups is 1. The number of ketones is 1. The number of fused-ring (bicyclic) bond motifs is 1. The molecular weight excluding hydrogens is 410 g/mol. The Kier molecular flexibility index (Phi) is 4.74. The third-order valence-corrected chi connectivity index (χ3v) is 4.32. The van der Waals surface area contributed by atoms with Gasteiger partial charge in [-0.3, -0.25) is 4.79 Å². The van der Waals surface area contributed by atoms with Gasteiger partial charge in [-0.2, -0.15) is 0 Å². The Hall–Kier alpha value is -1.46. The Morgan fingerprint density at radius 3 is 2.55 bits per heavy atom. The lowest BCUT2D eigenvalue weighted by atomic mass is 10.1. The summed E-state index contributed by atoms with van der Waals surface area (Å²) in [7, 11) is 0. The van der Waals surface area contributed by atoms with Gasteiger partial charge >= 0.3 is 0 Å². The minimum atomic E-state index is 0.0588. The zero-order chi connectivity index (χ0) is 15.5. The van der Waals surface area contributed by atoms with E-state index in [2.05, 4.69) is 42.9 Å². The van der Waals surface area contributed by atoms with Gasteiger partial charge in [0.1, 0.15) is 5.52 Å². The van der Waals surface area contributed by atoms with E-state index in [-0.39, 0.29) is 5.78 Å². The zero-order valence-electron chi connectivity index (χ0n) is 11.7. The van der Waals surface area contributed by atoms with Gasteiger partial charge in [0.2, 0.25) is 5.89 Å². The van der Waals surface area contributed by atoms with Gasteiger partial charge in [-0.05, 0) is 36.2 Å². The van der Waals surface area contributed by atoms with Crippen molar-refractivity contribution in [1.82, 2.24) is 4.98 Å². The Morgan fingerprint density at radius 1 is 1.09 bits per heavy atom. The molecule has 22 heavy (non-hydrogen) atoms. The van der Waals surface area contributed by atoms with E-state index in [1.165, 1.54) is 5.56 Å². The summed E-state index contributed by atoms with van der Waals surface area (Å²) in [6.07, 6.45) is 0.960. The molecule has 0 saturated carbocycles. The van der Waals surface area contributed by atoms with Gasteiger partial charge in [0, 0.05) is 16.5 Å². The monoisotopic (exact) mass is 421 g/mol. The molecule has 0 atom stereocenters. The van der Waals surface area contributed by atoms with E-state index in [0.29, 0.717) is 16.8 Å². The van der Waals surface area contributed by atoms with Crippen LogP contribution in [0.2, 0.25) is 0 Å². The first kappa shape index (κ1) is 15.4. The molecule has 3 aromatic rings. The van der Waals surface area contributed by atoms with Crippen LogP contribution in [0.1, 0.15) is 15.9 Å². The fourth-order valence-corrected chi connectivity index (χ4v) is 3.02. The van der Waals surface area contributed by atoms with Crippen LogP contribution in [0.4, 0.5) is 0 Å². The number of oxazole rings is 1. The molecule has 0 aliphatic heterocycles. The first-order chi connectivity index (χ1) is 10.7. The molecule has 5 heteroatoms. The highest BCUT2D eigenvalue weighted by Gasteiger charge is 2.10. The Labute approximate surface area is 145 Å². The summed E-state index contributed by atoms with van der Waals surface area (Å²) in [6, 6.07) is 13.4. The SMILES string of the molecule is O=C(CBr)c1ccc(-c2nc3cc(CCBr)ccc3o2)cc1. The largest absolute Gasteiger partial charge is 0.436 e. The maximum atomic E-state index is 11.6. The summed E-state index contributed by atoms with van der Waals surface area (Å²) < 4.78 is 5.80. The molecule has 0 fully saturated rings. The number of rotatable bonds is 5. The van der Waals surface area contributed by atoms with E-state index in [4.69, 9.17) is 4.42 Å². The highest BCUT2D eigenvalue weighted by atomic mass is 79.9. The molecule has 0 radical (unpaired) electrons. The second-order valence-corrected chi connectivity index (χ2v) is 6.25. The molecule has 0 saturated heterocycles. The maximum Gasteiger partial charge on any atom is 0.227 e. The minimum Gasteiger partial charge on any atom is -0.436 e. The van der Waals surface area contributed by atoms with Crippen molar-refractivity contribution >= 4 is 48.7 Å². The zero-order valence-corrected chi connectivity index (χ0v) is 14.9. The maximum absolute atomic E-state index is 11.6. The van der Waals surface area contributed by atoms with Crippen LogP contribution >= 0.6 is 31.9 Å². The van der Waals surface area contributed by atoms with Gasteiger partial charge in [-0.1, -0.05) is 50.1 Å². The normalized spacial score (nSPS) is 11.0. The quantitative estimate of drug-likeness (QED) is 0.428. The summed E-state index contributed by atoms with van der Waals surface area (Å²) in [5, 5.41) is 1.25. The van der Waals surface area contributed by atoms with Crippen molar-refractivity contribution in [2.75, 3.05) is 10.7 Å². The van der Waals surface area contributed by atoms with Crippen molar-refractivity contribution in [2.24, 2.45) is 0 Å². The molecule has 2 aromatic carbocycles.